The van der Waals surface area contributed by atoms with Crippen LogP contribution in [0.3, 0.4) is 0 Å². The van der Waals surface area contributed by atoms with Gasteiger partial charge in [-0.15, -0.1) is 11.8 Å². The van der Waals surface area contributed by atoms with Gasteiger partial charge in [0.05, 0.1) is 18.4 Å². The first-order valence-corrected chi connectivity index (χ1v) is 9.51. The molecule has 2 N–H and O–H groups in total. The normalized spacial score (nSPS) is 10.6. The zero-order valence-corrected chi connectivity index (χ0v) is 16.1. The molecule has 27 heavy (non-hydrogen) atoms. The maximum atomic E-state index is 12.3. The fourth-order valence-electron chi connectivity index (χ4n) is 2.46. The monoisotopic (exact) mass is 403 g/mol. The van der Waals surface area contributed by atoms with E-state index < -0.39 is 0 Å². The Labute approximate surface area is 166 Å². The molecule has 2 aromatic carbocycles. The summed E-state index contributed by atoms with van der Waals surface area (Å²) in [5.41, 5.74) is 1.33. The molecule has 0 aliphatic rings. The number of halogens is 1. The minimum atomic E-state index is -0.180. The number of rotatable bonds is 7. The third-order valence-electron chi connectivity index (χ3n) is 3.75. The lowest BCUT2D eigenvalue weighted by atomic mass is 10.1. The van der Waals surface area contributed by atoms with Crippen LogP contribution in [-0.4, -0.2) is 23.9 Å². The molecule has 1 heterocycles. The Hall–Kier alpha value is -2.41. The van der Waals surface area contributed by atoms with Crippen LogP contribution in [0.25, 0.3) is 11.3 Å². The van der Waals surface area contributed by atoms with Gasteiger partial charge in [-0.3, -0.25) is 4.79 Å². The number of benzene rings is 2. The van der Waals surface area contributed by atoms with Gasteiger partial charge in [0.1, 0.15) is 23.9 Å². The van der Waals surface area contributed by atoms with Gasteiger partial charge in [-0.05, 0) is 54.6 Å². The molecular weight excluding hydrogens is 386 g/mol. The number of carbonyl (C=O) groups is 1. The van der Waals surface area contributed by atoms with Crippen molar-refractivity contribution in [1.82, 2.24) is 0 Å². The third kappa shape index (κ3) is 5.07. The van der Waals surface area contributed by atoms with Crippen LogP contribution in [0, 0.1) is 0 Å². The van der Waals surface area contributed by atoms with Crippen LogP contribution in [0.15, 0.2) is 63.9 Å². The van der Waals surface area contributed by atoms with Crippen molar-refractivity contribution >= 4 is 35.0 Å². The van der Waals surface area contributed by atoms with Gasteiger partial charge in [-0.25, -0.2) is 0 Å². The van der Waals surface area contributed by atoms with E-state index >= 15 is 0 Å². The molecule has 0 radical (unpaired) electrons. The fourth-order valence-corrected chi connectivity index (χ4v) is 3.29. The second kappa shape index (κ2) is 8.99. The SMILES string of the molecule is COc1ccc(NC(=O)CSc2ccc(Cl)cc2)cc1-c1ccc(CO)o1. The van der Waals surface area contributed by atoms with E-state index in [-0.39, 0.29) is 18.3 Å². The largest absolute Gasteiger partial charge is 0.496 e. The predicted molar refractivity (Wildman–Crippen MR) is 107 cm³/mol. The second-order valence-corrected chi connectivity index (χ2v) is 7.12. The van der Waals surface area contributed by atoms with Gasteiger partial charge in [-0.2, -0.15) is 0 Å². The number of furan rings is 1. The number of carbonyl (C=O) groups excluding carboxylic acids is 1. The number of aliphatic hydroxyl groups is 1. The summed E-state index contributed by atoms with van der Waals surface area (Å²) in [6, 6.07) is 16.1. The summed E-state index contributed by atoms with van der Waals surface area (Å²) in [6.45, 7) is -0.180. The zero-order valence-electron chi connectivity index (χ0n) is 14.6. The molecule has 140 valence electrons. The molecule has 0 spiro atoms. The number of hydrogen-bond donors (Lipinski definition) is 2. The lowest BCUT2D eigenvalue weighted by Gasteiger charge is -2.10. The molecule has 0 saturated heterocycles. The van der Waals surface area contributed by atoms with E-state index in [0.29, 0.717) is 33.5 Å². The Kier molecular flexibility index (Phi) is 6.45. The van der Waals surface area contributed by atoms with Crippen LogP contribution in [0.5, 0.6) is 5.75 Å². The van der Waals surface area contributed by atoms with Crippen LogP contribution in [0.4, 0.5) is 5.69 Å². The highest BCUT2D eigenvalue weighted by molar-refractivity contribution is 8.00. The Balaban J connectivity index is 1.70. The quantitative estimate of drug-likeness (QED) is 0.553. The summed E-state index contributed by atoms with van der Waals surface area (Å²) < 4.78 is 10.9. The maximum absolute atomic E-state index is 12.3. The van der Waals surface area contributed by atoms with Gasteiger partial charge in [0, 0.05) is 15.6 Å². The molecular formula is C20H18ClNO4S. The molecule has 0 atom stereocenters. The molecule has 7 heteroatoms. The van der Waals surface area contributed by atoms with Crippen molar-refractivity contribution in [1.29, 1.82) is 0 Å². The lowest BCUT2D eigenvalue weighted by molar-refractivity contribution is -0.113. The number of methoxy groups -OCH3 is 1. The number of amides is 1. The van der Waals surface area contributed by atoms with E-state index in [4.69, 9.17) is 20.8 Å². The van der Waals surface area contributed by atoms with E-state index in [1.807, 2.05) is 12.1 Å². The summed E-state index contributed by atoms with van der Waals surface area (Å²) in [6.07, 6.45) is 0. The number of nitrogens with one attached hydrogen (secondary N) is 1. The number of aliphatic hydroxyl groups excluding tert-OH is 1. The Morgan fingerprint density at radius 3 is 2.63 bits per heavy atom. The highest BCUT2D eigenvalue weighted by atomic mass is 35.5. The van der Waals surface area contributed by atoms with Crippen LogP contribution < -0.4 is 10.1 Å². The molecule has 3 rings (SSSR count). The molecule has 5 nitrogen and oxygen atoms in total. The minimum absolute atomic E-state index is 0.124. The van der Waals surface area contributed by atoms with Crippen molar-refractivity contribution in [3.8, 4) is 17.1 Å². The van der Waals surface area contributed by atoms with Gasteiger partial charge >= 0.3 is 0 Å². The maximum Gasteiger partial charge on any atom is 0.234 e. The zero-order chi connectivity index (χ0) is 19.2. The van der Waals surface area contributed by atoms with E-state index in [0.717, 1.165) is 4.90 Å². The molecule has 0 fully saturated rings. The van der Waals surface area contributed by atoms with E-state index in [9.17, 15) is 9.90 Å². The van der Waals surface area contributed by atoms with Gasteiger partial charge in [0.15, 0.2) is 0 Å². The van der Waals surface area contributed by atoms with Gasteiger partial charge in [-0.1, -0.05) is 11.6 Å². The average Bonchev–Trinajstić information content (AvgIpc) is 3.16. The smallest absolute Gasteiger partial charge is 0.234 e. The molecule has 0 bridgehead atoms. The number of hydrogen-bond acceptors (Lipinski definition) is 5. The van der Waals surface area contributed by atoms with Crippen molar-refractivity contribution in [3.05, 3.63) is 65.4 Å². The number of ether oxygens (including phenoxy) is 1. The van der Waals surface area contributed by atoms with Crippen LogP contribution in [-0.2, 0) is 11.4 Å². The summed E-state index contributed by atoms with van der Waals surface area (Å²) in [5, 5.41) is 12.7. The second-order valence-electron chi connectivity index (χ2n) is 5.63. The highest BCUT2D eigenvalue weighted by Gasteiger charge is 2.13. The van der Waals surface area contributed by atoms with Crippen molar-refractivity contribution in [2.24, 2.45) is 0 Å². The first kappa shape index (κ1) is 19.4. The van der Waals surface area contributed by atoms with Crippen molar-refractivity contribution in [2.45, 2.75) is 11.5 Å². The molecule has 0 unspecified atom stereocenters. The Bertz CT molecular complexity index is 924. The summed E-state index contributed by atoms with van der Waals surface area (Å²) in [5.74, 6) is 1.78. The van der Waals surface area contributed by atoms with Crippen molar-refractivity contribution in [3.63, 3.8) is 0 Å². The van der Waals surface area contributed by atoms with Crippen LogP contribution >= 0.6 is 23.4 Å². The average molecular weight is 404 g/mol. The number of anilines is 1. The van der Waals surface area contributed by atoms with Crippen LogP contribution in [0.1, 0.15) is 5.76 Å². The summed E-state index contributed by atoms with van der Waals surface area (Å²) >= 11 is 7.29. The Morgan fingerprint density at radius 2 is 1.96 bits per heavy atom. The first-order chi connectivity index (χ1) is 13.1. The molecule has 0 aliphatic carbocycles. The minimum Gasteiger partial charge on any atom is -0.496 e. The van der Waals surface area contributed by atoms with Crippen molar-refractivity contribution in [2.75, 3.05) is 18.2 Å². The molecule has 0 saturated carbocycles. The summed E-state index contributed by atoms with van der Waals surface area (Å²) in [4.78, 5) is 13.2. The lowest BCUT2D eigenvalue weighted by Crippen LogP contribution is -2.14. The Morgan fingerprint density at radius 1 is 1.19 bits per heavy atom. The first-order valence-electron chi connectivity index (χ1n) is 8.15. The highest BCUT2D eigenvalue weighted by Crippen LogP contribution is 2.34. The fraction of sp³-hybridized carbons (Fsp3) is 0.150. The number of thioether (sulfide) groups is 1. The van der Waals surface area contributed by atoms with Gasteiger partial charge in [0.2, 0.25) is 5.91 Å². The third-order valence-corrected chi connectivity index (χ3v) is 5.01. The summed E-state index contributed by atoms with van der Waals surface area (Å²) in [7, 11) is 1.57. The molecule has 0 aliphatic heterocycles. The van der Waals surface area contributed by atoms with Crippen LogP contribution in [0.2, 0.25) is 5.02 Å². The van der Waals surface area contributed by atoms with E-state index in [1.54, 1.807) is 49.6 Å². The van der Waals surface area contributed by atoms with E-state index in [2.05, 4.69) is 5.32 Å². The van der Waals surface area contributed by atoms with Crippen molar-refractivity contribution < 1.29 is 19.1 Å². The molecule has 3 aromatic rings. The predicted octanol–water partition coefficient (Wildman–Crippen LogP) is 4.83. The van der Waals surface area contributed by atoms with Gasteiger partial charge < -0.3 is 19.6 Å². The molecule has 1 amide bonds. The van der Waals surface area contributed by atoms with E-state index in [1.165, 1.54) is 11.8 Å². The topological polar surface area (TPSA) is 71.7 Å². The standard InChI is InChI=1S/C20H18ClNO4S/c1-25-18-8-4-14(10-17(18)19-9-5-15(11-23)26-19)22-20(24)12-27-16-6-2-13(21)3-7-16/h2-10,23H,11-12H2,1H3,(H,22,24). The van der Waals surface area contributed by atoms with Gasteiger partial charge in [0.25, 0.3) is 0 Å². The molecule has 1 aromatic heterocycles.